The molecule has 2 saturated carbocycles. The van der Waals surface area contributed by atoms with Gasteiger partial charge in [0, 0.05) is 24.7 Å². The number of carbonyl (C=O) groups is 4. The molecule has 3 aromatic rings. The highest BCUT2D eigenvalue weighted by molar-refractivity contribution is 7.91. The van der Waals surface area contributed by atoms with E-state index in [1.54, 1.807) is 19.9 Å². The molecule has 1 unspecified atom stereocenters. The molecule has 4 amide bonds. The predicted molar refractivity (Wildman–Crippen MR) is 188 cm³/mol. The monoisotopic (exact) mass is 748 g/mol. The highest BCUT2D eigenvalue weighted by Gasteiger charge is 2.63. The zero-order valence-corrected chi connectivity index (χ0v) is 30.2. The average molecular weight is 749 g/mol. The third kappa shape index (κ3) is 7.30. The maximum absolute atomic E-state index is 14.7. The second-order valence-electron chi connectivity index (χ2n) is 14.5. The van der Waals surface area contributed by atoms with E-state index in [-0.39, 0.29) is 42.9 Å². The van der Waals surface area contributed by atoms with Gasteiger partial charge in [-0.3, -0.25) is 28.9 Å². The Balaban J connectivity index is 1.20. The summed E-state index contributed by atoms with van der Waals surface area (Å²) in [5.41, 5.74) is -0.848. The number of amides is 4. The van der Waals surface area contributed by atoms with E-state index in [4.69, 9.17) is 4.74 Å². The SMILES string of the molecule is Cc1nc2cccc(F)c2nc1O[C@@H]1C[C@H]2C(=O)N[C@]3(C(=O)NS(=O)(=O)C4(C)CC4)CC3/C=C\CCCCC[C@H](NC(=O)c3cnccn3)C(=O)N2C1. The molecular formula is C36H41FN8O7S. The number of ether oxygens (including phenoxy) is 1. The minimum Gasteiger partial charge on any atom is -0.471 e. The summed E-state index contributed by atoms with van der Waals surface area (Å²) >= 11 is 0. The van der Waals surface area contributed by atoms with Gasteiger partial charge in [-0.1, -0.05) is 31.1 Å². The number of aryl methyl sites for hydroxylation is 1. The fourth-order valence-electron chi connectivity index (χ4n) is 6.98. The molecule has 1 saturated heterocycles. The zero-order chi connectivity index (χ0) is 37.5. The maximum atomic E-state index is 14.7. The first-order chi connectivity index (χ1) is 25.3. The van der Waals surface area contributed by atoms with Crippen molar-refractivity contribution in [3.8, 4) is 5.88 Å². The van der Waals surface area contributed by atoms with Crippen LogP contribution in [0.3, 0.4) is 0 Å². The number of fused-ring (bicyclic) bond motifs is 3. The second kappa shape index (κ2) is 14.1. The van der Waals surface area contributed by atoms with E-state index in [0.29, 0.717) is 36.9 Å². The number of hydrogen-bond acceptors (Lipinski definition) is 11. The van der Waals surface area contributed by atoms with Gasteiger partial charge in [-0.05, 0) is 64.5 Å². The molecule has 1 aromatic carbocycles. The molecule has 3 N–H and O–H groups in total. The fourth-order valence-corrected chi connectivity index (χ4v) is 8.29. The van der Waals surface area contributed by atoms with Crippen molar-refractivity contribution in [2.45, 2.75) is 100 Å². The van der Waals surface area contributed by atoms with Crippen LogP contribution in [0.1, 0.15) is 80.9 Å². The van der Waals surface area contributed by atoms with Gasteiger partial charge in [0.05, 0.1) is 23.0 Å². The van der Waals surface area contributed by atoms with Crippen molar-refractivity contribution in [3.63, 3.8) is 0 Å². The van der Waals surface area contributed by atoms with Crippen LogP contribution in [0.25, 0.3) is 11.0 Å². The molecule has 4 aliphatic rings. The number of allylic oxidation sites excluding steroid dienone is 1. The van der Waals surface area contributed by atoms with Crippen molar-refractivity contribution < 1.29 is 36.7 Å². The van der Waals surface area contributed by atoms with Gasteiger partial charge >= 0.3 is 0 Å². The van der Waals surface area contributed by atoms with Gasteiger partial charge in [0.1, 0.15) is 40.6 Å². The lowest BCUT2D eigenvalue weighted by Crippen LogP contribution is -2.58. The molecule has 2 aromatic heterocycles. The molecule has 7 rings (SSSR count). The standard InChI is InChI=1S/C36H41FN8O7S/c1-21-32(42-29-24(37)10-8-12-25(29)40-21)52-23-17-28-31(47)43-36(34(49)44-53(50,51)35(2)13-14-35)18-22(36)9-6-4-3-5-7-11-26(33(48)45(28)20-23)41-30(46)27-19-38-15-16-39-27/h6,8-10,12,15-16,19,22-23,26,28H,3-5,7,11,13-14,17-18,20H2,1-2H3,(H,41,46)(H,43,47)(H,44,49)/b9-6-/t22?,23-,26+,28+,36-/m1/s1. The lowest BCUT2D eigenvalue weighted by atomic mass is 10.0. The molecule has 2 aliphatic heterocycles. The van der Waals surface area contributed by atoms with Crippen molar-refractivity contribution in [1.82, 2.24) is 40.2 Å². The Morgan fingerprint density at radius 1 is 1.11 bits per heavy atom. The average Bonchev–Trinajstić information content (AvgIpc) is 4.01. The van der Waals surface area contributed by atoms with Crippen LogP contribution < -0.4 is 20.1 Å². The van der Waals surface area contributed by atoms with Gasteiger partial charge in [-0.15, -0.1) is 0 Å². The first-order valence-electron chi connectivity index (χ1n) is 17.8. The Morgan fingerprint density at radius 2 is 1.92 bits per heavy atom. The lowest BCUT2D eigenvalue weighted by molar-refractivity contribution is -0.141. The molecule has 3 fully saturated rings. The molecular weight excluding hydrogens is 708 g/mol. The fraction of sp³-hybridized carbons (Fsp3) is 0.500. The van der Waals surface area contributed by atoms with Crippen LogP contribution in [-0.4, -0.2) is 91.9 Å². The first-order valence-corrected chi connectivity index (χ1v) is 19.3. The molecule has 17 heteroatoms. The van der Waals surface area contributed by atoms with Gasteiger partial charge in [0.2, 0.25) is 27.7 Å². The summed E-state index contributed by atoms with van der Waals surface area (Å²) in [6.45, 7) is 3.10. The Kier molecular flexibility index (Phi) is 9.63. The lowest BCUT2D eigenvalue weighted by Gasteiger charge is -2.30. The van der Waals surface area contributed by atoms with Crippen LogP contribution >= 0.6 is 0 Å². The molecule has 0 spiro atoms. The van der Waals surface area contributed by atoms with Gasteiger partial charge in [0.15, 0.2) is 5.82 Å². The highest BCUT2D eigenvalue weighted by Crippen LogP contribution is 2.47. The number of halogens is 1. The summed E-state index contributed by atoms with van der Waals surface area (Å²) in [5, 5.41) is 5.61. The molecule has 0 radical (unpaired) electrons. The topological polar surface area (TPSA) is 203 Å². The summed E-state index contributed by atoms with van der Waals surface area (Å²) in [6.07, 6.45) is 11.0. The maximum Gasteiger partial charge on any atom is 0.272 e. The summed E-state index contributed by atoms with van der Waals surface area (Å²) in [4.78, 5) is 73.9. The largest absolute Gasteiger partial charge is 0.471 e. The van der Waals surface area contributed by atoms with E-state index in [1.807, 2.05) is 12.2 Å². The van der Waals surface area contributed by atoms with Crippen molar-refractivity contribution in [2.24, 2.45) is 5.92 Å². The number of carbonyl (C=O) groups excluding carboxylic acids is 4. The second-order valence-corrected chi connectivity index (χ2v) is 16.7. The van der Waals surface area contributed by atoms with Crippen LogP contribution in [0.15, 0.2) is 48.9 Å². The smallest absolute Gasteiger partial charge is 0.272 e. The summed E-state index contributed by atoms with van der Waals surface area (Å²) in [7, 11) is -4.01. The van der Waals surface area contributed by atoms with E-state index in [9.17, 15) is 32.0 Å². The van der Waals surface area contributed by atoms with Crippen LogP contribution in [0.5, 0.6) is 5.88 Å². The van der Waals surface area contributed by atoms with Gasteiger partial charge < -0.3 is 20.3 Å². The van der Waals surface area contributed by atoms with E-state index >= 15 is 0 Å². The van der Waals surface area contributed by atoms with Crippen LogP contribution in [-0.2, 0) is 24.4 Å². The molecule has 5 atom stereocenters. The van der Waals surface area contributed by atoms with Crippen LogP contribution in [0.4, 0.5) is 4.39 Å². The van der Waals surface area contributed by atoms with E-state index in [2.05, 4.69) is 35.3 Å². The van der Waals surface area contributed by atoms with E-state index in [0.717, 1.165) is 12.8 Å². The Morgan fingerprint density at radius 3 is 2.68 bits per heavy atom. The van der Waals surface area contributed by atoms with Gasteiger partial charge in [-0.2, -0.15) is 0 Å². The van der Waals surface area contributed by atoms with Crippen molar-refractivity contribution in [3.05, 3.63) is 66.1 Å². The summed E-state index contributed by atoms with van der Waals surface area (Å²) in [6, 6.07) is 2.16. The number of sulfonamides is 1. The number of benzene rings is 1. The number of aromatic nitrogens is 4. The molecule has 15 nitrogen and oxygen atoms in total. The number of rotatable bonds is 7. The summed E-state index contributed by atoms with van der Waals surface area (Å²) in [5.74, 6) is -3.73. The molecule has 2 aliphatic carbocycles. The predicted octanol–water partition coefficient (Wildman–Crippen LogP) is 2.41. The van der Waals surface area contributed by atoms with Crippen molar-refractivity contribution in [1.29, 1.82) is 0 Å². The Hall–Kier alpha value is -5.06. The number of para-hydroxylation sites is 1. The zero-order valence-electron chi connectivity index (χ0n) is 29.4. The molecule has 53 heavy (non-hydrogen) atoms. The number of hydrogen-bond donors (Lipinski definition) is 3. The number of nitrogens with one attached hydrogen (secondary N) is 3. The van der Waals surface area contributed by atoms with E-state index in [1.165, 1.54) is 35.6 Å². The first kappa shape index (κ1) is 36.3. The summed E-state index contributed by atoms with van der Waals surface area (Å²) < 4.78 is 48.3. The highest BCUT2D eigenvalue weighted by atomic mass is 32.2. The minimum absolute atomic E-state index is 0.00246. The molecule has 280 valence electrons. The molecule has 0 bridgehead atoms. The normalized spacial score (nSPS) is 27.6. The van der Waals surface area contributed by atoms with Gasteiger partial charge in [-0.25, -0.2) is 27.8 Å². The Bertz CT molecular complexity index is 2100. The van der Waals surface area contributed by atoms with E-state index < -0.39 is 73.9 Å². The number of nitrogens with zero attached hydrogens (tertiary/aromatic N) is 5. The van der Waals surface area contributed by atoms with Gasteiger partial charge in [0.25, 0.3) is 11.8 Å². The Labute approximate surface area is 305 Å². The van der Waals surface area contributed by atoms with Crippen molar-refractivity contribution >= 4 is 44.7 Å². The van der Waals surface area contributed by atoms with Crippen LogP contribution in [0, 0.1) is 18.7 Å². The third-order valence-corrected chi connectivity index (χ3v) is 12.8. The third-order valence-electron chi connectivity index (χ3n) is 10.6. The molecule has 4 heterocycles. The minimum atomic E-state index is -4.01. The van der Waals surface area contributed by atoms with Crippen molar-refractivity contribution in [2.75, 3.05) is 6.54 Å². The quantitative estimate of drug-likeness (QED) is 0.300. The van der Waals surface area contributed by atoms with Crippen LogP contribution in [0.2, 0.25) is 0 Å².